The van der Waals surface area contributed by atoms with Crippen LogP contribution in [0, 0.1) is 16.8 Å². The number of nitriles is 1. The maximum atomic E-state index is 10.4. The summed E-state index contributed by atoms with van der Waals surface area (Å²) >= 11 is 2.45. The molecule has 0 spiro atoms. The van der Waals surface area contributed by atoms with Crippen LogP contribution in [0.25, 0.3) is 4.95 Å². The van der Waals surface area contributed by atoms with Crippen LogP contribution in [0.15, 0.2) is 78.1 Å². The molecule has 18 heteroatoms. The van der Waals surface area contributed by atoms with Gasteiger partial charge in [-0.3, -0.25) is 4.79 Å². The standard InChI is InChI=1S/C11H14N4O.C11H16N2O.C10H15N3O.C6H12O.C5H6N2O.CBrN/c1-13-15-6-3-9(4-7-15)16-10-2-5-14-11(12)8-10;12-11-8-10(6-7-13-11)14-9-4-2-1-3-5-9;11-10-7-9(3-6-13-10)14-8-1-4-12-5-2-8;7-6-4-2-1-3-5-6;6-5-3-4(8)1-2-7-5;2-1-3/h2,5,8-9H,3-4,6-7H2,(H2,12,14);6-9H,1-5H2,(H2,12,13);3,6-8,12H,1-2,4-5H2,(H2,11,13);6-7H,1-5H2;1-3H,(H3,6,7,8);. The van der Waals surface area contributed by atoms with Gasteiger partial charge >= 0.3 is 0 Å². The van der Waals surface area contributed by atoms with Gasteiger partial charge in [0.05, 0.1) is 25.3 Å². The summed E-state index contributed by atoms with van der Waals surface area (Å²) in [6.07, 6.45) is 23.4. The third-order valence-corrected chi connectivity index (χ3v) is 9.93. The predicted octanol–water partition coefficient (Wildman–Crippen LogP) is 6.64. The van der Waals surface area contributed by atoms with E-state index in [0.29, 0.717) is 35.5 Å². The largest absolute Gasteiger partial charge is 0.490 e. The number of aliphatic hydroxyl groups is 1. The van der Waals surface area contributed by atoms with Crippen molar-refractivity contribution in [3.63, 3.8) is 0 Å². The number of nitrogens with one attached hydrogen (secondary N) is 2. The van der Waals surface area contributed by atoms with Crippen molar-refractivity contribution in [3.05, 3.63) is 95.1 Å². The van der Waals surface area contributed by atoms with E-state index in [0.717, 1.165) is 82.0 Å². The van der Waals surface area contributed by atoms with Crippen LogP contribution in [0.5, 0.6) is 17.2 Å². The molecule has 62 heavy (non-hydrogen) atoms. The molecule has 2 saturated heterocycles. The van der Waals surface area contributed by atoms with Gasteiger partial charge in [-0.25, -0.2) is 15.0 Å². The molecule has 0 atom stereocenters. The first-order valence-corrected chi connectivity index (χ1v) is 22.0. The minimum Gasteiger partial charge on any atom is -0.490 e. The van der Waals surface area contributed by atoms with Crippen molar-refractivity contribution in [2.24, 2.45) is 0 Å². The summed E-state index contributed by atoms with van der Waals surface area (Å²) in [7, 11) is 0. The van der Waals surface area contributed by atoms with Gasteiger partial charge in [0.1, 0.15) is 57.7 Å². The summed E-state index contributed by atoms with van der Waals surface area (Å²) in [6, 6.07) is 13.5. The van der Waals surface area contributed by atoms with E-state index in [1.165, 1.54) is 69.7 Å². The molecular formula is C44H63BrN12O5. The van der Waals surface area contributed by atoms with Gasteiger partial charge < -0.3 is 52.6 Å². The molecule has 0 aromatic carbocycles. The number of hydrogen-bond acceptors (Lipinski definition) is 15. The van der Waals surface area contributed by atoms with E-state index in [-0.39, 0.29) is 17.6 Å². The van der Waals surface area contributed by atoms with Crippen LogP contribution in [0.3, 0.4) is 0 Å². The molecule has 2 saturated carbocycles. The maximum Gasteiger partial charge on any atom is 0.183 e. The van der Waals surface area contributed by atoms with E-state index < -0.39 is 0 Å². The fourth-order valence-electron chi connectivity index (χ4n) is 6.78. The van der Waals surface area contributed by atoms with Crippen molar-refractivity contribution >= 4 is 39.2 Å². The minimum absolute atomic E-state index is 0.0359. The average Bonchev–Trinajstić information content (AvgIpc) is 3.26. The van der Waals surface area contributed by atoms with E-state index in [1.54, 1.807) is 52.8 Å². The second-order valence-electron chi connectivity index (χ2n) is 14.9. The Hall–Kier alpha value is -5.82. The monoisotopic (exact) mass is 918 g/mol. The van der Waals surface area contributed by atoms with Crippen LogP contribution in [-0.2, 0) is 0 Å². The number of H-pyrrole nitrogens is 1. The van der Waals surface area contributed by atoms with Crippen LogP contribution in [-0.4, -0.2) is 80.6 Å². The highest BCUT2D eigenvalue weighted by molar-refractivity contribution is 9.12. The number of nitrogens with two attached hydrogens (primary N) is 4. The molecule has 2 aliphatic heterocycles. The molecule has 4 fully saturated rings. The van der Waals surface area contributed by atoms with E-state index in [2.05, 4.69) is 46.1 Å². The molecule has 8 rings (SSSR count). The average molecular weight is 920 g/mol. The fourth-order valence-corrected chi connectivity index (χ4v) is 6.78. The number of aromatic nitrogens is 4. The van der Waals surface area contributed by atoms with E-state index in [4.69, 9.17) is 54.1 Å². The van der Waals surface area contributed by atoms with Gasteiger partial charge in [-0.15, -0.1) is 5.01 Å². The molecule has 6 heterocycles. The number of nitrogens with zero attached hydrogens (tertiary/aromatic N) is 6. The Morgan fingerprint density at radius 1 is 0.694 bits per heavy atom. The Kier molecular flexibility index (Phi) is 24.7. The number of aromatic amines is 1. The number of rotatable bonds is 6. The quantitative estimate of drug-likeness (QED) is 0.0999. The number of nitrogen functional groups attached to an aromatic ring is 4. The lowest BCUT2D eigenvalue weighted by Crippen LogP contribution is -2.34. The van der Waals surface area contributed by atoms with Crippen LogP contribution in [0.4, 0.5) is 23.3 Å². The Bertz CT molecular complexity index is 1890. The number of aliphatic hydroxyl groups excluding tert-OH is 1. The van der Waals surface area contributed by atoms with E-state index >= 15 is 0 Å². The zero-order valence-corrected chi connectivity index (χ0v) is 37.0. The molecule has 0 unspecified atom stereocenters. The van der Waals surface area contributed by atoms with Crippen molar-refractivity contribution in [1.82, 2.24) is 30.3 Å². The van der Waals surface area contributed by atoms with Gasteiger partial charge in [0, 0.05) is 83.9 Å². The third kappa shape index (κ3) is 22.7. The lowest BCUT2D eigenvalue weighted by atomic mass is 9.98. The zero-order chi connectivity index (χ0) is 44.8. The van der Waals surface area contributed by atoms with Gasteiger partial charge in [0.25, 0.3) is 0 Å². The minimum atomic E-state index is -0.0683. The molecule has 4 aliphatic rings. The van der Waals surface area contributed by atoms with Crippen molar-refractivity contribution in [2.75, 3.05) is 49.1 Å². The lowest BCUT2D eigenvalue weighted by Gasteiger charge is -2.25. The number of ether oxygens (including phenoxy) is 3. The van der Waals surface area contributed by atoms with E-state index in [9.17, 15) is 4.79 Å². The highest BCUT2D eigenvalue weighted by atomic mass is 79.9. The number of pyridine rings is 4. The summed E-state index contributed by atoms with van der Waals surface area (Å²) in [4.78, 5) is 29.8. The number of halogens is 1. The molecule has 17 nitrogen and oxygen atoms in total. The molecule has 0 amide bonds. The van der Waals surface area contributed by atoms with Gasteiger partial charge in [-0.05, 0) is 82.7 Å². The molecule has 0 radical (unpaired) electrons. The molecule has 4 aromatic rings. The third-order valence-electron chi connectivity index (χ3n) is 9.93. The summed E-state index contributed by atoms with van der Waals surface area (Å²) in [5.74, 6) is 4.34. The van der Waals surface area contributed by atoms with Gasteiger partial charge in [-0.2, -0.15) is 16.8 Å². The summed E-state index contributed by atoms with van der Waals surface area (Å²) in [5, 5.41) is 21.2. The van der Waals surface area contributed by atoms with Crippen LogP contribution in [0.1, 0.15) is 89.9 Å². The van der Waals surface area contributed by atoms with E-state index in [1.807, 2.05) is 12.1 Å². The maximum absolute atomic E-state index is 10.4. The van der Waals surface area contributed by atoms with Crippen molar-refractivity contribution in [3.8, 4) is 22.2 Å². The highest BCUT2D eigenvalue weighted by Crippen LogP contribution is 2.24. The number of anilines is 4. The molecular weight excluding hydrogens is 856 g/mol. The summed E-state index contributed by atoms with van der Waals surface area (Å²) in [5.41, 5.74) is 21.8. The second-order valence-corrected chi connectivity index (χ2v) is 15.3. The summed E-state index contributed by atoms with van der Waals surface area (Å²) in [6.45, 7) is 10.5. The first kappa shape index (κ1) is 50.5. The zero-order valence-electron chi connectivity index (χ0n) is 35.4. The second kappa shape index (κ2) is 30.2. The van der Waals surface area contributed by atoms with Gasteiger partial charge in [-0.1, -0.05) is 25.7 Å². The van der Waals surface area contributed by atoms with Gasteiger partial charge in [0.2, 0.25) is 0 Å². The predicted molar refractivity (Wildman–Crippen MR) is 247 cm³/mol. The topological polar surface area (TPSA) is 267 Å². The van der Waals surface area contributed by atoms with Crippen LogP contribution >= 0.6 is 15.9 Å². The number of hydrogen-bond donors (Lipinski definition) is 7. The van der Waals surface area contributed by atoms with Crippen molar-refractivity contribution < 1.29 is 19.3 Å². The van der Waals surface area contributed by atoms with Crippen LogP contribution in [0.2, 0.25) is 0 Å². The normalized spacial score (nSPS) is 16.6. The highest BCUT2D eigenvalue weighted by Gasteiger charge is 2.22. The molecule has 2 aliphatic carbocycles. The smallest absolute Gasteiger partial charge is 0.183 e. The van der Waals surface area contributed by atoms with Gasteiger partial charge in [0.15, 0.2) is 5.43 Å². The first-order valence-electron chi connectivity index (χ1n) is 21.2. The lowest BCUT2D eigenvalue weighted by molar-refractivity contribution is 0.122. The van der Waals surface area contributed by atoms with Crippen molar-refractivity contribution in [2.45, 2.75) is 114 Å². The SMILES string of the molecule is N#CBr.Nc1cc(=O)cc[nH]1.Nc1cc(OC2CCCCC2)ccn1.Nc1cc(OC2CCNCC2)ccn1.OC1CCCCC1.[C-]#[N+]N1CCC(Oc2ccnc(N)c2)CC1. The Balaban J connectivity index is 0.000000209. The Morgan fingerprint density at radius 3 is 1.47 bits per heavy atom. The van der Waals surface area contributed by atoms with Crippen molar-refractivity contribution in [1.29, 1.82) is 5.26 Å². The first-order chi connectivity index (χ1) is 30.1. The molecule has 11 N–H and O–H groups in total. The van der Waals surface area contributed by atoms with Crippen LogP contribution < -0.4 is 47.9 Å². The molecule has 0 bridgehead atoms. The number of piperidine rings is 2. The Morgan fingerprint density at radius 2 is 1.11 bits per heavy atom. The summed E-state index contributed by atoms with van der Waals surface area (Å²) < 4.78 is 17.4. The molecule has 336 valence electrons. The Labute approximate surface area is 373 Å². The fraction of sp³-hybridized carbons (Fsp3) is 0.500. The molecule has 4 aromatic heterocycles.